The molecule has 124 valence electrons. The van der Waals surface area contributed by atoms with E-state index < -0.39 is 0 Å². The highest BCUT2D eigenvalue weighted by molar-refractivity contribution is 5.86. The second kappa shape index (κ2) is 6.31. The van der Waals surface area contributed by atoms with Crippen molar-refractivity contribution in [3.63, 3.8) is 0 Å². The Morgan fingerprint density at radius 1 is 1.21 bits per heavy atom. The molecule has 0 radical (unpaired) electrons. The van der Waals surface area contributed by atoms with Crippen molar-refractivity contribution in [3.05, 3.63) is 47.3 Å². The fraction of sp³-hybridized carbons (Fsp3) is 0.278. The summed E-state index contributed by atoms with van der Waals surface area (Å²) in [6, 6.07) is 9.75. The van der Waals surface area contributed by atoms with Gasteiger partial charge in [-0.2, -0.15) is 0 Å². The molecule has 0 unspecified atom stereocenters. The largest absolute Gasteiger partial charge is 0.465 e. The lowest BCUT2D eigenvalue weighted by molar-refractivity contribution is -0.140. The van der Waals surface area contributed by atoms with Crippen LogP contribution in [-0.4, -0.2) is 27.2 Å². The summed E-state index contributed by atoms with van der Waals surface area (Å²) in [6.07, 6.45) is 0.517. The molecule has 0 saturated heterocycles. The number of nitrogens with two attached hydrogens (primary N) is 1. The maximum atomic E-state index is 11.0. The summed E-state index contributed by atoms with van der Waals surface area (Å²) in [7, 11) is 0. The molecule has 3 rings (SSSR count). The summed E-state index contributed by atoms with van der Waals surface area (Å²) >= 11 is 0. The number of nitrogen functional groups attached to an aromatic ring is 1. The number of hydrogen-bond acceptors (Lipinski definition) is 5. The van der Waals surface area contributed by atoms with Crippen LogP contribution >= 0.6 is 0 Å². The molecule has 6 nitrogen and oxygen atoms in total. The topological polar surface area (TPSA) is 83.0 Å². The zero-order valence-electron chi connectivity index (χ0n) is 14.0. The number of rotatable bonds is 4. The first-order valence-corrected chi connectivity index (χ1v) is 7.81. The highest BCUT2D eigenvalue weighted by Crippen LogP contribution is 2.27. The first kappa shape index (κ1) is 16.0. The van der Waals surface area contributed by atoms with Crippen LogP contribution < -0.4 is 5.84 Å². The summed E-state index contributed by atoms with van der Waals surface area (Å²) in [5.74, 6) is 6.49. The van der Waals surface area contributed by atoms with Crippen LogP contribution in [0.3, 0.4) is 0 Å². The third-order valence-corrected chi connectivity index (χ3v) is 4.15. The van der Waals surface area contributed by atoms with E-state index >= 15 is 0 Å². The molecule has 0 spiro atoms. The van der Waals surface area contributed by atoms with E-state index in [1.165, 1.54) is 6.92 Å². The summed E-state index contributed by atoms with van der Waals surface area (Å²) in [4.78, 5) is 20.4. The SMILES string of the molecule is CC(=O)OCCc1nc(-c2ccccc2)nc2c1c(C)c(C)n2N. The Morgan fingerprint density at radius 3 is 2.58 bits per heavy atom. The minimum absolute atomic E-state index is 0.282. The Balaban J connectivity index is 2.15. The molecule has 24 heavy (non-hydrogen) atoms. The Kier molecular flexibility index (Phi) is 4.20. The van der Waals surface area contributed by atoms with Crippen molar-refractivity contribution in [2.45, 2.75) is 27.2 Å². The fourth-order valence-corrected chi connectivity index (χ4v) is 2.76. The molecule has 3 aromatic rings. The van der Waals surface area contributed by atoms with Gasteiger partial charge in [0.2, 0.25) is 0 Å². The lowest BCUT2D eigenvalue weighted by atomic mass is 10.1. The molecular formula is C18H20N4O2. The normalized spacial score (nSPS) is 11.0. The average molecular weight is 324 g/mol. The van der Waals surface area contributed by atoms with E-state index in [9.17, 15) is 4.79 Å². The number of carbonyl (C=O) groups is 1. The molecule has 6 heteroatoms. The molecule has 2 aromatic heterocycles. The number of hydrogen-bond donors (Lipinski definition) is 1. The lowest BCUT2D eigenvalue weighted by Gasteiger charge is -2.08. The van der Waals surface area contributed by atoms with E-state index in [1.807, 2.05) is 44.2 Å². The highest BCUT2D eigenvalue weighted by atomic mass is 16.5. The van der Waals surface area contributed by atoms with Gasteiger partial charge in [0.1, 0.15) is 0 Å². The molecule has 0 amide bonds. The van der Waals surface area contributed by atoms with Crippen molar-refractivity contribution in [3.8, 4) is 11.4 Å². The van der Waals surface area contributed by atoms with Crippen molar-refractivity contribution in [1.29, 1.82) is 0 Å². The van der Waals surface area contributed by atoms with Gasteiger partial charge in [-0.1, -0.05) is 30.3 Å². The van der Waals surface area contributed by atoms with Gasteiger partial charge in [-0.25, -0.2) is 14.6 Å². The molecule has 0 fully saturated rings. The number of esters is 1. The quantitative estimate of drug-likeness (QED) is 0.589. The molecule has 2 N–H and O–H groups in total. The van der Waals surface area contributed by atoms with Crippen LogP contribution in [-0.2, 0) is 16.0 Å². The minimum atomic E-state index is -0.298. The van der Waals surface area contributed by atoms with Crippen LogP contribution in [0.25, 0.3) is 22.4 Å². The van der Waals surface area contributed by atoms with Gasteiger partial charge < -0.3 is 10.6 Å². The van der Waals surface area contributed by atoms with E-state index in [2.05, 4.69) is 4.98 Å². The van der Waals surface area contributed by atoms with Crippen LogP contribution in [0.1, 0.15) is 23.9 Å². The van der Waals surface area contributed by atoms with Crippen LogP contribution in [0.5, 0.6) is 0 Å². The number of nitrogens with zero attached hydrogens (tertiary/aromatic N) is 3. The summed E-state index contributed by atoms with van der Waals surface area (Å²) in [5.41, 5.74) is 4.44. The average Bonchev–Trinajstić information content (AvgIpc) is 2.80. The standard InChI is InChI=1S/C18H20N4O2/c1-11-12(2)22(19)18-16(11)15(9-10-24-13(3)23)20-17(21-18)14-7-5-4-6-8-14/h4-8H,9-10,19H2,1-3H3. The van der Waals surface area contributed by atoms with E-state index in [0.717, 1.165) is 27.9 Å². The Hall–Kier alpha value is -2.89. The van der Waals surface area contributed by atoms with Crippen molar-refractivity contribution >= 4 is 17.0 Å². The van der Waals surface area contributed by atoms with Gasteiger partial charge in [0.15, 0.2) is 11.5 Å². The van der Waals surface area contributed by atoms with Gasteiger partial charge in [0.05, 0.1) is 12.3 Å². The van der Waals surface area contributed by atoms with E-state index in [1.54, 1.807) is 4.68 Å². The number of carbonyl (C=O) groups excluding carboxylic acids is 1. The van der Waals surface area contributed by atoms with Crippen LogP contribution in [0.15, 0.2) is 30.3 Å². The van der Waals surface area contributed by atoms with Gasteiger partial charge in [0, 0.05) is 30.0 Å². The van der Waals surface area contributed by atoms with Crippen LogP contribution in [0.4, 0.5) is 0 Å². The van der Waals surface area contributed by atoms with Gasteiger partial charge in [-0.05, 0) is 19.4 Å². The van der Waals surface area contributed by atoms with Gasteiger partial charge in [0.25, 0.3) is 0 Å². The predicted molar refractivity (Wildman–Crippen MR) is 92.9 cm³/mol. The van der Waals surface area contributed by atoms with E-state index in [0.29, 0.717) is 17.9 Å². The first-order chi connectivity index (χ1) is 11.5. The molecule has 0 atom stereocenters. The zero-order chi connectivity index (χ0) is 17.3. The Bertz CT molecular complexity index is 901. The molecule has 0 aliphatic heterocycles. The Morgan fingerprint density at radius 2 is 1.92 bits per heavy atom. The molecule has 0 bridgehead atoms. The van der Waals surface area contributed by atoms with Crippen molar-refractivity contribution < 1.29 is 9.53 Å². The van der Waals surface area contributed by atoms with Crippen molar-refractivity contribution in [1.82, 2.24) is 14.6 Å². The minimum Gasteiger partial charge on any atom is -0.465 e. The fourth-order valence-electron chi connectivity index (χ4n) is 2.76. The maximum Gasteiger partial charge on any atom is 0.302 e. The predicted octanol–water partition coefficient (Wildman–Crippen LogP) is 2.53. The zero-order valence-corrected chi connectivity index (χ0v) is 14.0. The molecule has 0 aliphatic rings. The maximum absolute atomic E-state index is 11.0. The molecule has 0 saturated carbocycles. The summed E-state index contributed by atoms with van der Waals surface area (Å²) in [6.45, 7) is 5.64. The van der Waals surface area contributed by atoms with E-state index in [-0.39, 0.29) is 12.6 Å². The third kappa shape index (κ3) is 2.82. The number of ether oxygens (including phenoxy) is 1. The number of fused-ring (bicyclic) bond motifs is 1. The second-order valence-electron chi connectivity index (χ2n) is 5.73. The molecule has 2 heterocycles. The third-order valence-electron chi connectivity index (χ3n) is 4.15. The number of aryl methyl sites for hydroxylation is 1. The lowest BCUT2D eigenvalue weighted by Crippen LogP contribution is -2.12. The van der Waals surface area contributed by atoms with Crippen LogP contribution in [0, 0.1) is 13.8 Å². The molecular weight excluding hydrogens is 304 g/mol. The highest BCUT2D eigenvalue weighted by Gasteiger charge is 2.18. The second-order valence-corrected chi connectivity index (χ2v) is 5.73. The monoisotopic (exact) mass is 324 g/mol. The molecule has 0 aliphatic carbocycles. The van der Waals surface area contributed by atoms with Gasteiger partial charge in [-0.3, -0.25) is 4.79 Å². The van der Waals surface area contributed by atoms with Crippen molar-refractivity contribution in [2.75, 3.05) is 12.4 Å². The smallest absolute Gasteiger partial charge is 0.302 e. The van der Waals surface area contributed by atoms with E-state index in [4.69, 9.17) is 15.6 Å². The van der Waals surface area contributed by atoms with Gasteiger partial charge in [-0.15, -0.1) is 0 Å². The number of aromatic nitrogens is 3. The summed E-state index contributed by atoms with van der Waals surface area (Å²) < 4.78 is 6.67. The summed E-state index contributed by atoms with van der Waals surface area (Å²) in [5, 5.41) is 0.932. The molecule has 1 aromatic carbocycles. The number of benzene rings is 1. The van der Waals surface area contributed by atoms with Gasteiger partial charge >= 0.3 is 5.97 Å². The Labute approximate surface area is 140 Å². The first-order valence-electron chi connectivity index (χ1n) is 7.81. The van der Waals surface area contributed by atoms with Crippen LogP contribution in [0.2, 0.25) is 0 Å². The van der Waals surface area contributed by atoms with Crippen molar-refractivity contribution in [2.24, 2.45) is 0 Å².